The molecule has 5 rings (SSSR count). The number of carboxylic acid groups (broad SMARTS) is 1. The van der Waals surface area contributed by atoms with Crippen LogP contribution in [0.15, 0.2) is 30.6 Å². The number of halogens is 3. The van der Waals surface area contributed by atoms with Crippen molar-refractivity contribution in [3.05, 3.63) is 63.2 Å². The number of Topliss-reactive ketones (excluding diaryl/α,β-unsaturated/α-hetero) is 1. The van der Waals surface area contributed by atoms with Crippen LogP contribution in [-0.2, 0) is 23.9 Å². The molecular weight excluding hydrogens is 654 g/mol. The summed E-state index contributed by atoms with van der Waals surface area (Å²) >= 11 is 1.30. The summed E-state index contributed by atoms with van der Waals surface area (Å²) in [4.78, 5) is 48.2. The zero-order chi connectivity index (χ0) is 33.9. The van der Waals surface area contributed by atoms with Gasteiger partial charge < -0.3 is 14.8 Å². The Hall–Kier alpha value is -2.93. The van der Waals surface area contributed by atoms with E-state index in [-0.39, 0.29) is 71.2 Å². The summed E-state index contributed by atoms with van der Waals surface area (Å²) in [6.45, 7) is 17.4. The van der Waals surface area contributed by atoms with Gasteiger partial charge in [0.25, 0.3) is 0 Å². The number of rotatable bonds is 11. The number of alkyl halides is 3. The molecule has 48 heavy (non-hydrogen) atoms. The third-order valence-corrected chi connectivity index (χ3v) is 9.83. The van der Waals surface area contributed by atoms with Crippen LogP contribution < -0.4 is 39.6 Å². The quantitative estimate of drug-likeness (QED) is 0.169. The summed E-state index contributed by atoms with van der Waals surface area (Å²) in [7, 11) is 0. The second kappa shape index (κ2) is 16.2. The fourth-order valence-corrected chi connectivity index (χ4v) is 7.55. The van der Waals surface area contributed by atoms with E-state index in [4.69, 9.17) is 6.57 Å². The van der Waals surface area contributed by atoms with E-state index in [2.05, 4.69) is 48.3 Å². The number of likely N-dealkylation sites (tertiary alicyclic amines) is 1. The van der Waals surface area contributed by atoms with Crippen molar-refractivity contribution in [2.75, 3.05) is 37.6 Å². The average molecular weight is 692 g/mol. The molecule has 1 aromatic carbocycles. The molecule has 2 aliphatic heterocycles. The second-order valence-corrected chi connectivity index (χ2v) is 13.7. The van der Waals surface area contributed by atoms with Gasteiger partial charge >= 0.3 is 35.7 Å². The van der Waals surface area contributed by atoms with Crippen molar-refractivity contribution in [3.63, 3.8) is 0 Å². The van der Waals surface area contributed by atoms with E-state index < -0.39 is 17.7 Å². The summed E-state index contributed by atoms with van der Waals surface area (Å²) in [5.41, 5.74) is -0.328. The second-order valence-electron chi connectivity index (χ2n) is 12.5. The number of hydrogen-bond donors (Lipinski definition) is 0. The third kappa shape index (κ3) is 9.19. The Morgan fingerprint density at radius 3 is 2.54 bits per heavy atom. The molecule has 0 bridgehead atoms. The minimum absolute atomic E-state index is 0. The van der Waals surface area contributed by atoms with Crippen molar-refractivity contribution < 1.29 is 57.4 Å². The Morgan fingerprint density at radius 1 is 1.15 bits per heavy atom. The number of piperazine rings is 1. The van der Waals surface area contributed by atoms with Crippen LogP contribution in [0.3, 0.4) is 0 Å². The van der Waals surface area contributed by atoms with Crippen LogP contribution in [0, 0.1) is 12.5 Å². The van der Waals surface area contributed by atoms with E-state index >= 15 is 0 Å². The predicted octanol–water partition coefficient (Wildman–Crippen LogP) is 1.87. The Morgan fingerprint density at radius 2 is 1.92 bits per heavy atom. The van der Waals surface area contributed by atoms with Crippen LogP contribution in [0.1, 0.15) is 66.0 Å². The first kappa shape index (κ1) is 37.9. The van der Waals surface area contributed by atoms with Gasteiger partial charge in [0.15, 0.2) is 11.5 Å². The zero-order valence-corrected chi connectivity index (χ0v) is 30.4. The zero-order valence-electron chi connectivity index (χ0n) is 27.6. The summed E-state index contributed by atoms with van der Waals surface area (Å²) < 4.78 is 41.3. The van der Waals surface area contributed by atoms with Crippen LogP contribution in [0.2, 0.25) is 0 Å². The number of aromatic nitrogens is 3. The first-order valence-corrected chi connectivity index (χ1v) is 16.5. The molecule has 0 N–H and O–H groups in total. The Balaban J connectivity index is 0.00000520. The molecule has 0 radical (unpaired) electrons. The molecule has 2 fully saturated rings. The fraction of sp³-hybridized carbons (Fsp3) is 0.515. The SMILES string of the molecule is [C-]#[N+]c1cc(-c2nc(CC(=O)c3cnc(N4CCN(CCC(=O)[O-])C[C@H]4C)cn3)sc2CN2CCC[C@H]2C(C)C)cc(C(F)(F)F)c1.[Na+]. The van der Waals surface area contributed by atoms with E-state index in [0.29, 0.717) is 61.2 Å². The summed E-state index contributed by atoms with van der Waals surface area (Å²) in [5.74, 6) is -0.381. The van der Waals surface area contributed by atoms with E-state index in [9.17, 15) is 27.9 Å². The van der Waals surface area contributed by atoms with Crippen LogP contribution >= 0.6 is 11.3 Å². The maximum Gasteiger partial charge on any atom is 1.00 e. The largest absolute Gasteiger partial charge is 1.00 e. The number of carbonyl (C=O) groups is 2. The summed E-state index contributed by atoms with van der Waals surface area (Å²) in [5, 5.41) is 11.3. The third-order valence-electron chi connectivity index (χ3n) is 8.79. The molecule has 2 aliphatic rings. The summed E-state index contributed by atoms with van der Waals surface area (Å²) in [6, 6.07) is 3.67. The van der Waals surface area contributed by atoms with E-state index in [1.54, 1.807) is 6.20 Å². The minimum atomic E-state index is -4.63. The number of carboxylic acids is 1. The van der Waals surface area contributed by atoms with Gasteiger partial charge in [-0.05, 0) is 62.4 Å². The standard InChI is InChI=1S/C33H38F3N7O3S.Na/c1-20(2)26-6-5-8-42(26)19-28-32(22-12-23(33(34,35)36)14-24(13-22)37-4)40-30(47-28)15-27(44)25-16-39-29(17-38-25)43-11-10-41(18-21(43)3)9-7-31(45)46;/h12-14,16-17,20-21,26H,5-11,15,18-19H2,1-3H3,(H,45,46);/q;+1/p-1/t21-,26+;/m1./s1. The van der Waals surface area contributed by atoms with Gasteiger partial charge in [-0.2, -0.15) is 13.2 Å². The molecule has 0 saturated carbocycles. The van der Waals surface area contributed by atoms with Gasteiger partial charge in [-0.1, -0.05) is 13.8 Å². The molecule has 0 aliphatic carbocycles. The Kier molecular flexibility index (Phi) is 12.8. The molecule has 2 atom stereocenters. The van der Waals surface area contributed by atoms with Gasteiger partial charge in [0.2, 0.25) is 0 Å². The molecular formula is C33H37F3N7NaO3S. The Labute approximate surface area is 304 Å². The van der Waals surface area contributed by atoms with Gasteiger partial charge in [0.1, 0.15) is 16.5 Å². The number of aliphatic carboxylic acids is 1. The van der Waals surface area contributed by atoms with Gasteiger partial charge in [0.05, 0.1) is 31.1 Å². The molecule has 3 aromatic rings. The first-order valence-electron chi connectivity index (χ1n) is 15.7. The number of hydrogen-bond acceptors (Lipinski definition) is 10. The number of anilines is 1. The van der Waals surface area contributed by atoms with Crippen molar-refractivity contribution in [1.82, 2.24) is 24.8 Å². The van der Waals surface area contributed by atoms with Gasteiger partial charge in [-0.15, -0.1) is 11.3 Å². The molecule has 4 heterocycles. The van der Waals surface area contributed by atoms with Crippen molar-refractivity contribution in [2.45, 2.75) is 71.3 Å². The normalized spacial score (nSPS) is 18.9. The van der Waals surface area contributed by atoms with Gasteiger partial charge in [0, 0.05) is 61.2 Å². The van der Waals surface area contributed by atoms with E-state index in [0.717, 1.165) is 36.4 Å². The maximum absolute atomic E-state index is 13.8. The molecule has 0 spiro atoms. The van der Waals surface area contributed by atoms with Crippen LogP contribution in [0.25, 0.3) is 16.1 Å². The van der Waals surface area contributed by atoms with Crippen molar-refractivity contribution in [1.29, 1.82) is 0 Å². The molecule has 0 unspecified atom stereocenters. The number of carbonyl (C=O) groups excluding carboxylic acids is 2. The predicted molar refractivity (Wildman–Crippen MR) is 170 cm³/mol. The van der Waals surface area contributed by atoms with Gasteiger partial charge in [-0.3, -0.25) is 14.6 Å². The number of ketones is 1. The number of benzene rings is 1. The molecule has 0 amide bonds. The molecule has 250 valence electrons. The fourth-order valence-electron chi connectivity index (χ4n) is 6.44. The smallest absolute Gasteiger partial charge is 0.550 e. The molecule has 15 heteroatoms. The van der Waals surface area contributed by atoms with Crippen molar-refractivity contribution >= 4 is 34.6 Å². The Bertz CT molecular complexity index is 1640. The van der Waals surface area contributed by atoms with Crippen LogP contribution in [-0.4, -0.2) is 81.3 Å². The monoisotopic (exact) mass is 691 g/mol. The van der Waals surface area contributed by atoms with E-state index in [1.807, 2.05) is 6.92 Å². The van der Waals surface area contributed by atoms with Crippen molar-refractivity contribution in [2.24, 2.45) is 5.92 Å². The van der Waals surface area contributed by atoms with Crippen LogP contribution in [0.5, 0.6) is 0 Å². The summed E-state index contributed by atoms with van der Waals surface area (Å²) in [6.07, 6.45) is 0.289. The van der Waals surface area contributed by atoms with Crippen molar-refractivity contribution in [3.8, 4) is 11.3 Å². The molecule has 2 aromatic heterocycles. The average Bonchev–Trinajstić information content (AvgIpc) is 3.66. The number of thiazole rings is 1. The minimum Gasteiger partial charge on any atom is -0.550 e. The van der Waals surface area contributed by atoms with Crippen LogP contribution in [0.4, 0.5) is 24.7 Å². The molecule has 2 saturated heterocycles. The van der Waals surface area contributed by atoms with E-state index in [1.165, 1.54) is 23.6 Å². The number of nitrogens with zero attached hydrogens (tertiary/aromatic N) is 7. The topological polar surface area (TPSA) is 110 Å². The molecule has 10 nitrogen and oxygen atoms in total. The first-order chi connectivity index (χ1) is 22.3. The van der Waals surface area contributed by atoms with Gasteiger partial charge in [-0.25, -0.2) is 19.8 Å². The maximum atomic E-state index is 13.8.